The summed E-state index contributed by atoms with van der Waals surface area (Å²) in [5.74, 6) is -1.71. The Kier molecular flexibility index (Phi) is 2.63. The van der Waals surface area contributed by atoms with E-state index in [1.165, 1.54) is 6.92 Å². The second-order valence-electron chi connectivity index (χ2n) is 2.91. The number of nitrogens with two attached hydrogens (primary N) is 1. The maximum atomic E-state index is 11.3. The number of sulfone groups is 1. The van der Waals surface area contributed by atoms with Gasteiger partial charge in [-0.2, -0.15) is 0 Å². The zero-order valence-corrected chi connectivity index (χ0v) is 8.87. The van der Waals surface area contributed by atoms with Gasteiger partial charge in [0.05, 0.1) is 0 Å². The molecule has 1 aromatic heterocycles. The molecule has 0 aromatic carbocycles. The van der Waals surface area contributed by atoms with Crippen molar-refractivity contribution >= 4 is 21.6 Å². The van der Waals surface area contributed by atoms with Gasteiger partial charge in [-0.15, -0.1) is 0 Å². The Bertz CT molecular complexity index is 523. The average Bonchev–Trinajstić information content (AvgIpc) is 1.99. The number of carbonyl (C=O) groups is 1. The molecule has 0 aliphatic rings. The largest absolute Gasteiger partial charge is 0.477 e. The molecule has 1 rings (SSSR count). The average molecular weight is 231 g/mol. The number of carboxylic acids is 1. The Hall–Kier alpha value is -1.70. The Morgan fingerprint density at radius 1 is 1.40 bits per heavy atom. The molecule has 0 saturated carbocycles. The number of anilines is 1. The molecule has 0 amide bonds. The van der Waals surface area contributed by atoms with E-state index < -0.39 is 26.4 Å². The monoisotopic (exact) mass is 231 g/mol. The molecule has 0 aliphatic heterocycles. The zero-order chi connectivity index (χ0) is 11.8. The second kappa shape index (κ2) is 3.46. The molecule has 0 fully saturated rings. The van der Waals surface area contributed by atoms with Crippen LogP contribution >= 0.6 is 0 Å². The van der Waals surface area contributed by atoms with Crippen LogP contribution in [-0.4, -0.2) is 35.7 Å². The van der Waals surface area contributed by atoms with Crippen molar-refractivity contribution < 1.29 is 18.3 Å². The van der Waals surface area contributed by atoms with Gasteiger partial charge < -0.3 is 10.8 Å². The van der Waals surface area contributed by atoms with Crippen LogP contribution in [0.5, 0.6) is 0 Å². The van der Waals surface area contributed by atoms with E-state index in [4.69, 9.17) is 10.8 Å². The fraction of sp³-hybridized carbons (Fsp3) is 0.286. The quantitative estimate of drug-likeness (QED) is 0.655. The number of hydrogen-bond acceptors (Lipinski definition) is 6. The summed E-state index contributed by atoms with van der Waals surface area (Å²) in [6, 6.07) is 0. The maximum Gasteiger partial charge on any atom is 0.342 e. The van der Waals surface area contributed by atoms with E-state index in [2.05, 4.69) is 9.97 Å². The van der Waals surface area contributed by atoms with Crippen LogP contribution in [0.2, 0.25) is 0 Å². The molecule has 0 spiro atoms. The fourth-order valence-electron chi connectivity index (χ4n) is 1.04. The van der Waals surface area contributed by atoms with Crippen LogP contribution in [0.3, 0.4) is 0 Å². The molecule has 1 heterocycles. The highest BCUT2D eigenvalue weighted by Gasteiger charge is 2.24. The van der Waals surface area contributed by atoms with Gasteiger partial charge in [-0.3, -0.25) is 0 Å². The summed E-state index contributed by atoms with van der Waals surface area (Å²) >= 11 is 0. The van der Waals surface area contributed by atoms with Gasteiger partial charge >= 0.3 is 5.97 Å². The van der Waals surface area contributed by atoms with Crippen LogP contribution in [0.15, 0.2) is 5.03 Å². The highest BCUT2D eigenvalue weighted by atomic mass is 32.2. The number of aromatic carboxylic acids is 1. The summed E-state index contributed by atoms with van der Waals surface area (Å²) in [6.07, 6.45) is 0.862. The van der Waals surface area contributed by atoms with Crippen LogP contribution < -0.4 is 5.73 Å². The van der Waals surface area contributed by atoms with Gasteiger partial charge in [-0.1, -0.05) is 0 Å². The van der Waals surface area contributed by atoms with Crippen molar-refractivity contribution in [2.24, 2.45) is 0 Å². The normalized spacial score (nSPS) is 11.3. The maximum absolute atomic E-state index is 11.3. The summed E-state index contributed by atoms with van der Waals surface area (Å²) in [5.41, 5.74) is 4.74. The summed E-state index contributed by atoms with van der Waals surface area (Å²) in [7, 11) is -3.74. The third-order valence-corrected chi connectivity index (χ3v) is 2.58. The van der Waals surface area contributed by atoms with E-state index in [0.717, 1.165) is 6.26 Å². The Morgan fingerprint density at radius 2 is 1.93 bits per heavy atom. The van der Waals surface area contributed by atoms with Gasteiger partial charge in [0, 0.05) is 6.26 Å². The highest BCUT2D eigenvalue weighted by molar-refractivity contribution is 7.90. The zero-order valence-electron chi connectivity index (χ0n) is 8.05. The fourth-order valence-corrected chi connectivity index (χ4v) is 1.90. The number of aromatic nitrogens is 2. The predicted octanol–water partition coefficient (Wildman–Crippen LogP) is -0.531. The molecule has 7 nitrogen and oxygen atoms in total. The van der Waals surface area contributed by atoms with Crippen LogP contribution in [0.4, 0.5) is 5.82 Å². The van der Waals surface area contributed by atoms with E-state index in [1.54, 1.807) is 0 Å². The molecule has 15 heavy (non-hydrogen) atoms. The topological polar surface area (TPSA) is 123 Å². The molecule has 82 valence electrons. The molecule has 0 bridgehead atoms. The third-order valence-electron chi connectivity index (χ3n) is 1.58. The highest BCUT2D eigenvalue weighted by Crippen LogP contribution is 2.18. The lowest BCUT2D eigenvalue weighted by atomic mass is 10.3. The first-order chi connectivity index (χ1) is 6.73. The van der Waals surface area contributed by atoms with E-state index in [9.17, 15) is 13.2 Å². The molecule has 0 radical (unpaired) electrons. The van der Waals surface area contributed by atoms with Gasteiger partial charge in [0.25, 0.3) is 0 Å². The van der Waals surface area contributed by atoms with Crippen molar-refractivity contribution in [3.8, 4) is 0 Å². The molecule has 8 heteroatoms. The summed E-state index contributed by atoms with van der Waals surface area (Å²) in [5, 5.41) is 8.22. The standard InChI is InChI=1S/C7H9N3O4S/c1-3-9-5(8)4(7(11)12)6(10-3)15(2,13)14/h1-2H3,(H,11,12)(H2,8,9,10). The van der Waals surface area contributed by atoms with Gasteiger partial charge in [0.1, 0.15) is 17.2 Å². The summed E-state index contributed by atoms with van der Waals surface area (Å²) in [6.45, 7) is 1.43. The minimum absolute atomic E-state index is 0.109. The van der Waals surface area contributed by atoms with Crippen LogP contribution in [0.1, 0.15) is 16.2 Å². The van der Waals surface area contributed by atoms with Crippen molar-refractivity contribution in [3.63, 3.8) is 0 Å². The van der Waals surface area contributed by atoms with Crippen molar-refractivity contribution in [3.05, 3.63) is 11.4 Å². The molecule has 0 saturated heterocycles. The second-order valence-corrected chi connectivity index (χ2v) is 4.84. The third kappa shape index (κ3) is 2.21. The van der Waals surface area contributed by atoms with Crippen LogP contribution in [-0.2, 0) is 9.84 Å². The van der Waals surface area contributed by atoms with E-state index >= 15 is 0 Å². The first-order valence-electron chi connectivity index (χ1n) is 3.81. The number of hydrogen-bond donors (Lipinski definition) is 2. The first-order valence-corrected chi connectivity index (χ1v) is 5.70. The van der Waals surface area contributed by atoms with Crippen LogP contribution in [0, 0.1) is 6.92 Å². The molecular formula is C7H9N3O4S. The molecule has 1 aromatic rings. The molecule has 0 atom stereocenters. The van der Waals surface area contributed by atoms with Crippen molar-refractivity contribution in [2.45, 2.75) is 11.9 Å². The van der Waals surface area contributed by atoms with Gasteiger partial charge in [0.2, 0.25) is 0 Å². The number of nitrogens with zero attached hydrogens (tertiary/aromatic N) is 2. The van der Waals surface area contributed by atoms with Gasteiger partial charge in [-0.05, 0) is 6.92 Å². The number of nitrogen functional groups attached to an aromatic ring is 1. The lowest BCUT2D eigenvalue weighted by molar-refractivity contribution is 0.0692. The number of aryl methyl sites for hydroxylation is 1. The van der Waals surface area contributed by atoms with Gasteiger partial charge in [-0.25, -0.2) is 23.2 Å². The lowest BCUT2D eigenvalue weighted by Crippen LogP contribution is -2.15. The first kappa shape index (κ1) is 11.4. The Balaban J connectivity index is 3.70. The molecule has 0 unspecified atom stereocenters. The molecule has 0 aliphatic carbocycles. The van der Waals surface area contributed by atoms with E-state index in [0.29, 0.717) is 0 Å². The van der Waals surface area contributed by atoms with E-state index in [1.807, 2.05) is 0 Å². The summed E-state index contributed by atoms with van der Waals surface area (Å²) in [4.78, 5) is 17.9. The summed E-state index contributed by atoms with van der Waals surface area (Å²) < 4.78 is 22.5. The predicted molar refractivity (Wildman–Crippen MR) is 51.3 cm³/mol. The van der Waals surface area contributed by atoms with Crippen molar-refractivity contribution in [1.82, 2.24) is 9.97 Å². The molecular weight excluding hydrogens is 222 g/mol. The minimum atomic E-state index is -3.74. The Labute approximate surface area is 85.9 Å². The lowest BCUT2D eigenvalue weighted by Gasteiger charge is -2.06. The Morgan fingerprint density at radius 3 is 2.33 bits per heavy atom. The van der Waals surface area contributed by atoms with Gasteiger partial charge in [0.15, 0.2) is 14.9 Å². The smallest absolute Gasteiger partial charge is 0.342 e. The molecule has 3 N–H and O–H groups in total. The SMILES string of the molecule is Cc1nc(N)c(C(=O)O)c(S(C)(=O)=O)n1. The van der Waals surface area contributed by atoms with Crippen molar-refractivity contribution in [2.75, 3.05) is 12.0 Å². The van der Waals surface area contributed by atoms with Crippen LogP contribution in [0.25, 0.3) is 0 Å². The van der Waals surface area contributed by atoms with Crippen molar-refractivity contribution in [1.29, 1.82) is 0 Å². The number of rotatable bonds is 2. The number of carboxylic acid groups (broad SMARTS) is 1. The van der Waals surface area contributed by atoms with E-state index in [-0.39, 0.29) is 11.6 Å². The minimum Gasteiger partial charge on any atom is -0.477 e.